The van der Waals surface area contributed by atoms with Crippen molar-refractivity contribution in [1.29, 1.82) is 0 Å². The van der Waals surface area contributed by atoms with Crippen molar-refractivity contribution in [3.8, 4) is 0 Å². The monoisotopic (exact) mass is 407 g/mol. The molecule has 2 aromatic carbocycles. The number of esters is 1. The molecule has 0 fully saturated rings. The number of nitrogens with zero attached hydrogens (tertiary/aromatic N) is 1. The Morgan fingerprint density at radius 3 is 2.47 bits per heavy atom. The number of hydrogen-bond acceptors (Lipinski definition) is 6. The van der Waals surface area contributed by atoms with Crippen LogP contribution in [0.5, 0.6) is 0 Å². The lowest BCUT2D eigenvalue weighted by atomic mass is 10.1. The van der Waals surface area contributed by atoms with Crippen LogP contribution in [0, 0.1) is 6.92 Å². The summed E-state index contributed by atoms with van der Waals surface area (Å²) in [6.07, 6.45) is 0. The van der Waals surface area contributed by atoms with Gasteiger partial charge in [0, 0.05) is 6.07 Å². The summed E-state index contributed by atoms with van der Waals surface area (Å²) in [6, 6.07) is 17.3. The molecule has 2 N–H and O–H groups in total. The predicted molar refractivity (Wildman–Crippen MR) is 109 cm³/mol. The van der Waals surface area contributed by atoms with Crippen molar-refractivity contribution in [2.75, 3.05) is 11.9 Å². The van der Waals surface area contributed by atoms with Crippen molar-refractivity contribution in [2.24, 2.45) is 0 Å². The van der Waals surface area contributed by atoms with Crippen LogP contribution in [0.15, 0.2) is 65.2 Å². The molecule has 1 aromatic heterocycles. The van der Waals surface area contributed by atoms with Crippen molar-refractivity contribution in [2.45, 2.75) is 19.9 Å². The summed E-state index contributed by atoms with van der Waals surface area (Å²) < 4.78 is 9.70. The first kappa shape index (κ1) is 20.8. The van der Waals surface area contributed by atoms with Crippen LogP contribution in [0.1, 0.15) is 45.1 Å². The van der Waals surface area contributed by atoms with Gasteiger partial charge in [-0.1, -0.05) is 47.6 Å². The van der Waals surface area contributed by atoms with Crippen LogP contribution in [-0.2, 0) is 9.53 Å². The summed E-state index contributed by atoms with van der Waals surface area (Å²) in [5.41, 5.74) is 2.09. The second-order valence-electron chi connectivity index (χ2n) is 6.61. The Hall–Kier alpha value is -3.94. The number of carbonyl (C=O) groups is 3. The van der Waals surface area contributed by atoms with Crippen molar-refractivity contribution in [3.05, 3.63) is 83.2 Å². The molecule has 0 saturated carbocycles. The van der Waals surface area contributed by atoms with Crippen LogP contribution in [-0.4, -0.2) is 29.5 Å². The van der Waals surface area contributed by atoms with E-state index in [1.54, 1.807) is 31.2 Å². The van der Waals surface area contributed by atoms with E-state index in [9.17, 15) is 14.4 Å². The number of nitrogens with one attached hydrogen (secondary N) is 2. The molecule has 1 atom stereocenters. The molecule has 30 heavy (non-hydrogen) atoms. The maximum atomic E-state index is 12.7. The lowest BCUT2D eigenvalue weighted by Crippen LogP contribution is -2.28. The zero-order chi connectivity index (χ0) is 21.5. The second kappa shape index (κ2) is 9.51. The molecule has 8 heteroatoms. The van der Waals surface area contributed by atoms with Crippen LogP contribution in [0.25, 0.3) is 0 Å². The van der Waals surface area contributed by atoms with E-state index in [2.05, 4.69) is 15.8 Å². The van der Waals surface area contributed by atoms with Crippen molar-refractivity contribution < 1.29 is 23.6 Å². The Bertz CT molecular complexity index is 1050. The van der Waals surface area contributed by atoms with Gasteiger partial charge in [0.25, 0.3) is 11.8 Å². The van der Waals surface area contributed by atoms with Gasteiger partial charge in [-0.15, -0.1) is 0 Å². The summed E-state index contributed by atoms with van der Waals surface area (Å²) in [7, 11) is 0. The Labute approximate surface area is 173 Å². The smallest absolute Gasteiger partial charge is 0.377 e. The van der Waals surface area contributed by atoms with Crippen LogP contribution in [0.2, 0.25) is 0 Å². The van der Waals surface area contributed by atoms with E-state index < -0.39 is 18.5 Å². The maximum absolute atomic E-state index is 12.7. The molecule has 0 aliphatic rings. The van der Waals surface area contributed by atoms with E-state index in [0.717, 1.165) is 5.56 Å². The highest BCUT2D eigenvalue weighted by molar-refractivity contribution is 6.04. The van der Waals surface area contributed by atoms with Gasteiger partial charge >= 0.3 is 5.97 Å². The molecular weight excluding hydrogens is 386 g/mol. The van der Waals surface area contributed by atoms with E-state index in [1.165, 1.54) is 6.07 Å². The molecular formula is C22H21N3O5. The highest BCUT2D eigenvalue weighted by Crippen LogP contribution is 2.18. The van der Waals surface area contributed by atoms with Crippen molar-refractivity contribution in [1.82, 2.24) is 10.5 Å². The largest absolute Gasteiger partial charge is 0.450 e. The highest BCUT2D eigenvalue weighted by atomic mass is 16.6. The number of carbonyl (C=O) groups excluding carboxylic acids is 3. The predicted octanol–water partition coefficient (Wildman–Crippen LogP) is 3.27. The van der Waals surface area contributed by atoms with Gasteiger partial charge in [0.15, 0.2) is 6.61 Å². The van der Waals surface area contributed by atoms with Gasteiger partial charge in [-0.3, -0.25) is 9.59 Å². The molecule has 3 rings (SSSR count). The average molecular weight is 407 g/mol. The Morgan fingerprint density at radius 1 is 1.07 bits per heavy atom. The average Bonchev–Trinajstić information content (AvgIpc) is 3.19. The zero-order valence-electron chi connectivity index (χ0n) is 16.5. The second-order valence-corrected chi connectivity index (χ2v) is 6.61. The van der Waals surface area contributed by atoms with Crippen LogP contribution in [0.4, 0.5) is 5.69 Å². The van der Waals surface area contributed by atoms with Crippen LogP contribution in [0.3, 0.4) is 0 Å². The molecule has 0 unspecified atom stereocenters. The van der Waals surface area contributed by atoms with Crippen LogP contribution < -0.4 is 10.6 Å². The molecule has 154 valence electrons. The minimum Gasteiger partial charge on any atom is -0.450 e. The third-order valence-electron chi connectivity index (χ3n) is 4.26. The Balaban J connectivity index is 1.61. The fourth-order valence-corrected chi connectivity index (χ4v) is 2.74. The van der Waals surface area contributed by atoms with E-state index in [0.29, 0.717) is 16.9 Å². The first-order chi connectivity index (χ1) is 14.4. The Kier molecular flexibility index (Phi) is 6.59. The molecule has 2 amide bonds. The third kappa shape index (κ3) is 5.32. The molecule has 0 aliphatic heterocycles. The zero-order valence-corrected chi connectivity index (χ0v) is 16.5. The lowest BCUT2D eigenvalue weighted by Gasteiger charge is -2.16. The third-order valence-corrected chi connectivity index (χ3v) is 4.26. The normalized spacial score (nSPS) is 11.4. The van der Waals surface area contributed by atoms with Gasteiger partial charge in [0.05, 0.1) is 23.0 Å². The summed E-state index contributed by atoms with van der Waals surface area (Å²) in [6.45, 7) is 3.00. The minimum atomic E-state index is -0.798. The first-order valence-electron chi connectivity index (χ1n) is 9.29. The topological polar surface area (TPSA) is 111 Å². The fraction of sp³-hybridized carbons (Fsp3) is 0.182. The number of hydrogen-bond donors (Lipinski definition) is 2. The molecule has 0 bridgehead atoms. The van der Waals surface area contributed by atoms with Gasteiger partial charge in [0.1, 0.15) is 0 Å². The maximum Gasteiger partial charge on any atom is 0.377 e. The quantitative estimate of drug-likeness (QED) is 0.582. The Morgan fingerprint density at radius 2 is 1.77 bits per heavy atom. The molecule has 1 heterocycles. The van der Waals surface area contributed by atoms with E-state index >= 15 is 0 Å². The van der Waals surface area contributed by atoms with Gasteiger partial charge in [-0.25, -0.2) is 4.79 Å². The number of para-hydroxylation sites is 1. The van der Waals surface area contributed by atoms with Gasteiger partial charge < -0.3 is 19.9 Å². The van der Waals surface area contributed by atoms with E-state index in [4.69, 9.17) is 9.26 Å². The summed E-state index contributed by atoms with van der Waals surface area (Å²) in [5.74, 6) is -1.81. The van der Waals surface area contributed by atoms with Gasteiger partial charge in [-0.2, -0.15) is 0 Å². The van der Waals surface area contributed by atoms with E-state index in [-0.39, 0.29) is 17.7 Å². The molecule has 0 saturated heterocycles. The fourth-order valence-electron chi connectivity index (χ4n) is 2.74. The molecule has 0 spiro atoms. The standard InChI is InChI=1S/C22H21N3O5/c1-14-12-19(30-25-14)22(28)29-13-20(26)24-18-11-7-6-10-17(18)21(27)23-15(2)16-8-4-3-5-9-16/h3-12,15H,13H2,1-2H3,(H,23,27)(H,24,26)/t15-/m1/s1. The van der Waals surface area contributed by atoms with Gasteiger partial charge in [0.2, 0.25) is 5.76 Å². The number of anilines is 1. The molecule has 3 aromatic rings. The summed E-state index contributed by atoms with van der Waals surface area (Å²) in [4.78, 5) is 36.8. The van der Waals surface area contributed by atoms with Crippen molar-refractivity contribution >= 4 is 23.5 Å². The highest BCUT2D eigenvalue weighted by Gasteiger charge is 2.18. The van der Waals surface area contributed by atoms with Crippen molar-refractivity contribution in [3.63, 3.8) is 0 Å². The molecule has 0 radical (unpaired) electrons. The van der Waals surface area contributed by atoms with Crippen LogP contribution >= 0.6 is 0 Å². The number of rotatable bonds is 7. The SMILES string of the molecule is Cc1cc(C(=O)OCC(=O)Nc2ccccc2C(=O)N[C@H](C)c2ccccc2)on1. The molecule has 0 aliphatic carbocycles. The first-order valence-corrected chi connectivity index (χ1v) is 9.29. The molecule has 8 nitrogen and oxygen atoms in total. The number of aromatic nitrogens is 1. The summed E-state index contributed by atoms with van der Waals surface area (Å²) >= 11 is 0. The van der Waals surface area contributed by atoms with Gasteiger partial charge in [-0.05, 0) is 31.5 Å². The van der Waals surface area contributed by atoms with E-state index in [1.807, 2.05) is 37.3 Å². The number of benzene rings is 2. The lowest BCUT2D eigenvalue weighted by molar-refractivity contribution is -0.119. The minimum absolute atomic E-state index is 0.0880. The number of ether oxygens (including phenoxy) is 1. The number of aryl methyl sites for hydroxylation is 1. The number of amides is 2. The summed E-state index contributed by atoms with van der Waals surface area (Å²) in [5, 5.41) is 9.09.